The number of unbranched alkanes of at least 4 members (excludes halogenated alkanes) is 8. The first-order valence-corrected chi connectivity index (χ1v) is 23.3. The SMILES string of the molecule is CC/C=C\C/C=C\C/C=C\C/C=C\CCCCC(=O)NC(COC1OC(CO)C(OC2OC(CO)C(O)C(O)C2O)C(O)C1O)C(O)/C=C/CC/C=C/CC/C=C/CCCCCC. The number of amides is 1. The molecular weight excluding hydrogens is 811 g/mol. The van der Waals surface area contributed by atoms with Crippen molar-refractivity contribution in [3.05, 3.63) is 85.1 Å². The molecule has 0 aromatic carbocycles. The fourth-order valence-corrected chi connectivity index (χ4v) is 6.96. The topological polar surface area (TPSA) is 228 Å². The molecule has 9 N–H and O–H groups in total. The van der Waals surface area contributed by atoms with Crippen LogP contribution in [0.5, 0.6) is 0 Å². The molecule has 0 aromatic rings. The summed E-state index contributed by atoms with van der Waals surface area (Å²) in [6.07, 6.45) is 27.7. The Balaban J connectivity index is 1.94. The number of rotatable bonds is 33. The van der Waals surface area contributed by atoms with Gasteiger partial charge in [-0.2, -0.15) is 0 Å². The van der Waals surface area contributed by atoms with Gasteiger partial charge in [-0.3, -0.25) is 4.79 Å². The lowest BCUT2D eigenvalue weighted by atomic mass is 9.97. The molecule has 2 rings (SSSR count). The zero-order valence-electron chi connectivity index (χ0n) is 37.8. The molecule has 0 aromatic heterocycles. The van der Waals surface area contributed by atoms with E-state index < -0.39 is 86.8 Å². The van der Waals surface area contributed by atoms with E-state index in [-0.39, 0.29) is 18.9 Å². The molecular formula is C49H81NO13. The molecule has 2 heterocycles. The summed E-state index contributed by atoms with van der Waals surface area (Å²) < 4.78 is 22.6. The molecule has 14 nitrogen and oxygen atoms in total. The Bertz CT molecular complexity index is 1380. The lowest BCUT2D eigenvalue weighted by Crippen LogP contribution is -2.65. The molecule has 360 valence electrons. The van der Waals surface area contributed by atoms with Crippen molar-refractivity contribution < 1.29 is 64.6 Å². The van der Waals surface area contributed by atoms with Gasteiger partial charge in [-0.25, -0.2) is 0 Å². The lowest BCUT2D eigenvalue weighted by Gasteiger charge is -2.46. The zero-order chi connectivity index (χ0) is 46.1. The predicted octanol–water partition coefficient (Wildman–Crippen LogP) is 5.04. The second kappa shape index (κ2) is 35.4. The number of aliphatic hydroxyl groups is 8. The first-order valence-electron chi connectivity index (χ1n) is 23.3. The third-order valence-electron chi connectivity index (χ3n) is 10.8. The van der Waals surface area contributed by atoms with Crippen LogP contribution in [0.15, 0.2) is 85.1 Å². The largest absolute Gasteiger partial charge is 0.394 e. The summed E-state index contributed by atoms with van der Waals surface area (Å²) in [4.78, 5) is 13.1. The molecule has 0 bridgehead atoms. The molecule has 12 unspecified atom stereocenters. The number of carbonyl (C=O) groups is 1. The van der Waals surface area contributed by atoms with Gasteiger partial charge >= 0.3 is 0 Å². The molecule has 0 saturated carbocycles. The van der Waals surface area contributed by atoms with Crippen LogP contribution in [0.1, 0.15) is 123 Å². The van der Waals surface area contributed by atoms with Crippen molar-refractivity contribution in [2.24, 2.45) is 0 Å². The average molecular weight is 892 g/mol. The third kappa shape index (κ3) is 23.3. The Labute approximate surface area is 376 Å². The lowest BCUT2D eigenvalue weighted by molar-refractivity contribution is -0.359. The Morgan fingerprint density at radius 2 is 1.11 bits per heavy atom. The van der Waals surface area contributed by atoms with Gasteiger partial charge in [-0.1, -0.05) is 118 Å². The molecule has 2 aliphatic heterocycles. The van der Waals surface area contributed by atoms with E-state index in [0.29, 0.717) is 12.8 Å². The first kappa shape index (κ1) is 56.3. The van der Waals surface area contributed by atoms with Crippen molar-refractivity contribution in [2.75, 3.05) is 19.8 Å². The monoisotopic (exact) mass is 892 g/mol. The molecule has 0 radical (unpaired) electrons. The van der Waals surface area contributed by atoms with Gasteiger partial charge in [0.2, 0.25) is 5.91 Å². The second-order valence-electron chi connectivity index (χ2n) is 16.1. The van der Waals surface area contributed by atoms with Crippen molar-refractivity contribution in [1.29, 1.82) is 0 Å². The van der Waals surface area contributed by atoms with Gasteiger partial charge < -0.3 is 65.1 Å². The molecule has 63 heavy (non-hydrogen) atoms. The van der Waals surface area contributed by atoms with Crippen molar-refractivity contribution >= 4 is 5.91 Å². The van der Waals surface area contributed by atoms with Crippen molar-refractivity contribution in [3.8, 4) is 0 Å². The summed E-state index contributed by atoms with van der Waals surface area (Å²) in [7, 11) is 0. The van der Waals surface area contributed by atoms with Gasteiger partial charge in [-0.15, -0.1) is 0 Å². The number of hydrogen-bond donors (Lipinski definition) is 9. The predicted molar refractivity (Wildman–Crippen MR) is 244 cm³/mol. The van der Waals surface area contributed by atoms with Crippen LogP contribution in [0.4, 0.5) is 0 Å². The second-order valence-corrected chi connectivity index (χ2v) is 16.1. The fourth-order valence-electron chi connectivity index (χ4n) is 6.96. The maximum atomic E-state index is 13.1. The Hall–Kier alpha value is -2.83. The van der Waals surface area contributed by atoms with Crippen molar-refractivity contribution in [2.45, 2.75) is 197 Å². The van der Waals surface area contributed by atoms with Gasteiger partial charge in [0.15, 0.2) is 12.6 Å². The van der Waals surface area contributed by atoms with Gasteiger partial charge in [0.05, 0.1) is 32.0 Å². The van der Waals surface area contributed by atoms with Crippen LogP contribution in [-0.4, -0.2) is 140 Å². The Kier molecular flexibility index (Phi) is 31.7. The minimum atomic E-state index is -1.80. The Morgan fingerprint density at radius 3 is 1.71 bits per heavy atom. The highest BCUT2D eigenvalue weighted by Gasteiger charge is 2.50. The van der Waals surface area contributed by atoms with E-state index in [1.807, 2.05) is 6.08 Å². The number of allylic oxidation sites excluding steroid dienone is 13. The van der Waals surface area contributed by atoms with E-state index in [9.17, 15) is 45.6 Å². The van der Waals surface area contributed by atoms with E-state index in [1.54, 1.807) is 6.08 Å². The first-order chi connectivity index (χ1) is 30.6. The van der Waals surface area contributed by atoms with E-state index >= 15 is 0 Å². The normalized spacial score (nSPS) is 28.3. The fraction of sp³-hybridized carbons (Fsp3) is 0.694. The van der Waals surface area contributed by atoms with Crippen LogP contribution in [0.2, 0.25) is 0 Å². The highest BCUT2D eigenvalue weighted by molar-refractivity contribution is 5.76. The summed E-state index contributed by atoms with van der Waals surface area (Å²) >= 11 is 0. The summed E-state index contributed by atoms with van der Waals surface area (Å²) in [5.74, 6) is -0.300. The third-order valence-corrected chi connectivity index (χ3v) is 10.8. The highest BCUT2D eigenvalue weighted by atomic mass is 16.7. The van der Waals surface area contributed by atoms with Crippen molar-refractivity contribution in [1.82, 2.24) is 5.32 Å². The average Bonchev–Trinajstić information content (AvgIpc) is 3.28. The van der Waals surface area contributed by atoms with Gasteiger partial charge in [0, 0.05) is 6.42 Å². The van der Waals surface area contributed by atoms with E-state index in [2.05, 4.69) is 92.1 Å². The number of carbonyl (C=O) groups excluding carboxylic acids is 1. The number of aliphatic hydroxyl groups excluding tert-OH is 8. The van der Waals surface area contributed by atoms with E-state index in [4.69, 9.17) is 18.9 Å². The summed E-state index contributed by atoms with van der Waals surface area (Å²) in [5.41, 5.74) is 0. The summed E-state index contributed by atoms with van der Waals surface area (Å²) in [5, 5.41) is 86.5. The van der Waals surface area contributed by atoms with Crippen LogP contribution >= 0.6 is 0 Å². The van der Waals surface area contributed by atoms with Crippen molar-refractivity contribution in [3.63, 3.8) is 0 Å². The van der Waals surface area contributed by atoms with Crippen LogP contribution in [-0.2, 0) is 23.7 Å². The zero-order valence-corrected chi connectivity index (χ0v) is 37.8. The summed E-state index contributed by atoms with van der Waals surface area (Å²) in [6, 6.07) is -0.962. The molecule has 2 fully saturated rings. The Morgan fingerprint density at radius 1 is 0.587 bits per heavy atom. The van der Waals surface area contributed by atoms with Crippen LogP contribution < -0.4 is 5.32 Å². The molecule has 2 saturated heterocycles. The van der Waals surface area contributed by atoms with Crippen LogP contribution in [0.3, 0.4) is 0 Å². The van der Waals surface area contributed by atoms with E-state index in [0.717, 1.165) is 64.2 Å². The maximum Gasteiger partial charge on any atom is 0.220 e. The smallest absolute Gasteiger partial charge is 0.220 e. The highest BCUT2D eigenvalue weighted by Crippen LogP contribution is 2.29. The van der Waals surface area contributed by atoms with Crippen LogP contribution in [0, 0.1) is 0 Å². The van der Waals surface area contributed by atoms with Crippen LogP contribution in [0.25, 0.3) is 0 Å². The van der Waals surface area contributed by atoms with Gasteiger partial charge in [0.1, 0.15) is 48.8 Å². The van der Waals surface area contributed by atoms with E-state index in [1.165, 1.54) is 25.7 Å². The van der Waals surface area contributed by atoms with Gasteiger partial charge in [0.25, 0.3) is 0 Å². The molecule has 0 spiro atoms. The molecule has 2 aliphatic rings. The molecule has 12 atom stereocenters. The number of ether oxygens (including phenoxy) is 4. The quantitative estimate of drug-likeness (QED) is 0.0312. The minimum absolute atomic E-state index is 0.212. The molecule has 0 aliphatic carbocycles. The standard InChI is InChI=1S/C49H81NO13/c1-3-5-7-9-11-13-15-17-19-21-23-25-27-29-31-33-41(54)50-37(38(53)32-30-28-26-24-22-20-18-16-14-12-10-8-6-4-2)36-60-48-46(59)44(57)47(40(35-52)62-48)63-49-45(58)43(56)42(55)39(34-51)61-49/h5,7,11,13-14,16-17,19,22-25,30,32,37-40,42-49,51-53,55-59H,3-4,6,8-10,12,15,18,20-21,26-29,31,33-36H2,1-2H3,(H,50,54)/b7-5-,13-11-,16-14+,19-17-,24-22+,25-23-,32-30+. The number of nitrogens with one attached hydrogen (secondary N) is 1. The minimum Gasteiger partial charge on any atom is -0.394 e. The van der Waals surface area contributed by atoms with Gasteiger partial charge in [-0.05, 0) is 83.5 Å². The molecule has 14 heteroatoms. The number of hydrogen-bond acceptors (Lipinski definition) is 13. The maximum absolute atomic E-state index is 13.1. The molecule has 1 amide bonds. The summed E-state index contributed by atoms with van der Waals surface area (Å²) in [6.45, 7) is 2.55.